The highest BCUT2D eigenvalue weighted by Gasteiger charge is 2.11. The predicted molar refractivity (Wildman–Crippen MR) is 103 cm³/mol. The number of hydrogen-bond donors (Lipinski definition) is 1. The Morgan fingerprint density at radius 3 is 2.73 bits per heavy atom. The Labute approximate surface area is 149 Å². The lowest BCUT2D eigenvalue weighted by Gasteiger charge is -2.09. The van der Waals surface area contributed by atoms with Crippen molar-refractivity contribution in [1.29, 1.82) is 0 Å². The Balaban J connectivity index is 1.65. The van der Waals surface area contributed by atoms with Crippen LogP contribution in [0.4, 0.5) is 11.5 Å². The van der Waals surface area contributed by atoms with E-state index in [4.69, 9.17) is 4.42 Å². The third-order valence-electron chi connectivity index (χ3n) is 4.55. The summed E-state index contributed by atoms with van der Waals surface area (Å²) in [7, 11) is 1.91. The Morgan fingerprint density at radius 1 is 0.962 bits per heavy atom. The highest BCUT2D eigenvalue weighted by molar-refractivity contribution is 5.98. The van der Waals surface area contributed by atoms with Crippen molar-refractivity contribution in [1.82, 2.24) is 14.8 Å². The average molecular weight is 340 g/mol. The number of para-hydroxylation sites is 1. The molecular formula is C21H16N4O. The Morgan fingerprint density at radius 2 is 1.88 bits per heavy atom. The number of pyridine rings is 1. The van der Waals surface area contributed by atoms with E-state index in [0.29, 0.717) is 0 Å². The van der Waals surface area contributed by atoms with Crippen molar-refractivity contribution in [2.24, 2.45) is 7.05 Å². The molecule has 0 aliphatic rings. The first-order valence-electron chi connectivity index (χ1n) is 8.40. The van der Waals surface area contributed by atoms with Crippen molar-refractivity contribution in [2.45, 2.75) is 0 Å². The first-order valence-corrected chi connectivity index (χ1v) is 8.40. The number of aromatic nitrogens is 3. The van der Waals surface area contributed by atoms with Gasteiger partial charge >= 0.3 is 0 Å². The average Bonchev–Trinajstić information content (AvgIpc) is 3.27. The second kappa shape index (κ2) is 5.74. The number of anilines is 2. The van der Waals surface area contributed by atoms with Crippen LogP contribution in [0.25, 0.3) is 33.1 Å². The van der Waals surface area contributed by atoms with Gasteiger partial charge in [-0.1, -0.05) is 24.3 Å². The van der Waals surface area contributed by atoms with E-state index in [1.807, 2.05) is 49.8 Å². The van der Waals surface area contributed by atoms with Gasteiger partial charge in [0.1, 0.15) is 17.2 Å². The Bertz CT molecular complexity index is 1200. The number of aryl methyl sites for hydroxylation is 1. The third kappa shape index (κ3) is 2.41. The second-order valence-corrected chi connectivity index (χ2v) is 6.24. The van der Waals surface area contributed by atoms with Gasteiger partial charge in [-0.25, -0.2) is 0 Å². The van der Waals surface area contributed by atoms with Crippen LogP contribution in [0, 0.1) is 0 Å². The van der Waals surface area contributed by atoms with Gasteiger partial charge in [0.25, 0.3) is 0 Å². The zero-order valence-electron chi connectivity index (χ0n) is 14.2. The van der Waals surface area contributed by atoms with E-state index in [0.717, 1.165) is 44.6 Å². The molecule has 5 heteroatoms. The van der Waals surface area contributed by atoms with Crippen LogP contribution >= 0.6 is 0 Å². The summed E-state index contributed by atoms with van der Waals surface area (Å²) in [5.41, 5.74) is 2.85. The van der Waals surface area contributed by atoms with Gasteiger partial charge < -0.3 is 9.73 Å². The van der Waals surface area contributed by atoms with Crippen LogP contribution in [0.15, 0.2) is 77.6 Å². The predicted octanol–water partition coefficient (Wildman–Crippen LogP) is 5.13. The molecule has 0 bridgehead atoms. The molecule has 1 N–H and O–H groups in total. The van der Waals surface area contributed by atoms with E-state index in [1.54, 1.807) is 10.9 Å². The molecule has 0 fully saturated rings. The summed E-state index contributed by atoms with van der Waals surface area (Å²) >= 11 is 0. The van der Waals surface area contributed by atoms with Gasteiger partial charge in [0, 0.05) is 47.5 Å². The minimum atomic E-state index is 0.821. The normalized spacial score (nSPS) is 11.3. The summed E-state index contributed by atoms with van der Waals surface area (Å²) < 4.78 is 7.86. The lowest BCUT2D eigenvalue weighted by molar-refractivity contribution is 0.632. The number of rotatable bonds is 3. The van der Waals surface area contributed by atoms with Crippen LogP contribution in [-0.4, -0.2) is 14.8 Å². The topological polar surface area (TPSA) is 55.9 Å². The molecule has 0 radical (unpaired) electrons. The highest BCUT2D eigenvalue weighted by Crippen LogP contribution is 2.33. The van der Waals surface area contributed by atoms with E-state index in [-0.39, 0.29) is 0 Å². The molecule has 0 saturated carbocycles. The van der Waals surface area contributed by atoms with E-state index >= 15 is 0 Å². The highest BCUT2D eigenvalue weighted by atomic mass is 16.3. The van der Waals surface area contributed by atoms with Crippen molar-refractivity contribution < 1.29 is 4.42 Å². The van der Waals surface area contributed by atoms with Gasteiger partial charge in [0.15, 0.2) is 0 Å². The smallest absolute Gasteiger partial charge is 0.137 e. The zero-order valence-corrected chi connectivity index (χ0v) is 14.2. The monoisotopic (exact) mass is 340 g/mol. The summed E-state index contributed by atoms with van der Waals surface area (Å²) in [5.74, 6) is 1.76. The van der Waals surface area contributed by atoms with Crippen molar-refractivity contribution in [3.8, 4) is 11.3 Å². The molecule has 5 aromatic rings. The molecule has 5 rings (SSSR count). The maximum absolute atomic E-state index is 6.05. The molecule has 126 valence electrons. The molecule has 0 spiro atoms. The largest absolute Gasteiger partial charge is 0.456 e. The second-order valence-electron chi connectivity index (χ2n) is 6.24. The Kier molecular flexibility index (Phi) is 3.25. The number of nitrogens with one attached hydrogen (secondary N) is 1. The molecule has 3 heterocycles. The van der Waals surface area contributed by atoms with Crippen LogP contribution < -0.4 is 5.32 Å². The number of nitrogens with zero attached hydrogens (tertiary/aromatic N) is 3. The quantitative estimate of drug-likeness (QED) is 0.495. The molecule has 0 saturated heterocycles. The molecule has 0 unspecified atom stereocenters. The molecule has 0 aliphatic heterocycles. The first-order chi connectivity index (χ1) is 12.8. The molecule has 2 aromatic carbocycles. The SMILES string of the molecule is Cn1nccc1Nc1ccc2cncc(-c3cc4ccccc4o3)c2c1. The van der Waals surface area contributed by atoms with Crippen LogP contribution in [0.5, 0.6) is 0 Å². The van der Waals surface area contributed by atoms with E-state index < -0.39 is 0 Å². The molecule has 26 heavy (non-hydrogen) atoms. The maximum atomic E-state index is 6.05. The fourth-order valence-electron chi connectivity index (χ4n) is 3.20. The van der Waals surface area contributed by atoms with E-state index in [9.17, 15) is 0 Å². The van der Waals surface area contributed by atoms with Gasteiger partial charge in [-0.15, -0.1) is 0 Å². The molecule has 3 aromatic heterocycles. The molecule has 5 nitrogen and oxygen atoms in total. The molecule has 0 amide bonds. The minimum Gasteiger partial charge on any atom is -0.456 e. The van der Waals surface area contributed by atoms with E-state index in [1.165, 1.54) is 0 Å². The number of benzene rings is 2. The number of fused-ring (bicyclic) bond motifs is 2. The standard InChI is InChI=1S/C21H16N4O/c1-25-21(8-9-23-25)24-16-7-6-15-12-22-13-18(17(15)11-16)20-10-14-4-2-3-5-19(14)26-20/h2-13,24H,1H3. The summed E-state index contributed by atoms with van der Waals surface area (Å²) in [5, 5.41) is 10.8. The number of furan rings is 1. The summed E-state index contributed by atoms with van der Waals surface area (Å²) in [6.07, 6.45) is 5.50. The van der Waals surface area contributed by atoms with Crippen LogP contribution in [0.3, 0.4) is 0 Å². The molecular weight excluding hydrogens is 324 g/mol. The summed E-state index contributed by atoms with van der Waals surface area (Å²) in [6.45, 7) is 0. The van der Waals surface area contributed by atoms with Gasteiger partial charge in [-0.2, -0.15) is 5.10 Å². The van der Waals surface area contributed by atoms with Crippen molar-refractivity contribution in [2.75, 3.05) is 5.32 Å². The molecule has 0 aliphatic carbocycles. The van der Waals surface area contributed by atoms with Crippen molar-refractivity contribution in [3.05, 3.63) is 73.2 Å². The fourth-order valence-corrected chi connectivity index (χ4v) is 3.20. The Hall–Kier alpha value is -3.60. The summed E-state index contributed by atoms with van der Waals surface area (Å²) in [4.78, 5) is 4.38. The van der Waals surface area contributed by atoms with Gasteiger partial charge in [0.2, 0.25) is 0 Å². The lowest BCUT2D eigenvalue weighted by Crippen LogP contribution is -1.99. The van der Waals surface area contributed by atoms with Gasteiger partial charge in [-0.05, 0) is 29.7 Å². The molecule has 0 atom stereocenters. The van der Waals surface area contributed by atoms with Crippen LogP contribution in [0.1, 0.15) is 0 Å². The van der Waals surface area contributed by atoms with Crippen LogP contribution in [0.2, 0.25) is 0 Å². The first kappa shape index (κ1) is 14.7. The van der Waals surface area contributed by atoms with Crippen LogP contribution in [-0.2, 0) is 7.05 Å². The minimum absolute atomic E-state index is 0.821. The maximum Gasteiger partial charge on any atom is 0.137 e. The fraction of sp³-hybridized carbons (Fsp3) is 0.0476. The van der Waals surface area contributed by atoms with Crippen molar-refractivity contribution in [3.63, 3.8) is 0 Å². The van der Waals surface area contributed by atoms with E-state index in [2.05, 4.69) is 39.7 Å². The third-order valence-corrected chi connectivity index (χ3v) is 4.55. The summed E-state index contributed by atoms with van der Waals surface area (Å²) in [6, 6.07) is 18.2. The lowest BCUT2D eigenvalue weighted by atomic mass is 10.0. The van der Waals surface area contributed by atoms with Crippen molar-refractivity contribution >= 4 is 33.2 Å². The van der Waals surface area contributed by atoms with Gasteiger partial charge in [0.05, 0.1) is 6.20 Å². The van der Waals surface area contributed by atoms with Gasteiger partial charge in [-0.3, -0.25) is 9.67 Å². The zero-order chi connectivity index (χ0) is 17.5. The number of hydrogen-bond acceptors (Lipinski definition) is 4.